The van der Waals surface area contributed by atoms with Gasteiger partial charge in [0.25, 0.3) is 5.91 Å². The molecule has 2 aromatic carbocycles. The van der Waals surface area contributed by atoms with Gasteiger partial charge < -0.3 is 10.0 Å². The van der Waals surface area contributed by atoms with Gasteiger partial charge in [-0.15, -0.1) is 6.42 Å². The summed E-state index contributed by atoms with van der Waals surface area (Å²) in [5.41, 5.74) is -3.14. The summed E-state index contributed by atoms with van der Waals surface area (Å²) in [4.78, 5) is 18.5. The summed E-state index contributed by atoms with van der Waals surface area (Å²) >= 11 is 5.40. The molecule has 0 bridgehead atoms. The Morgan fingerprint density at radius 1 is 0.430 bits per heavy atom. The Morgan fingerprint density at radius 2 is 0.690 bits per heavy atom. The lowest BCUT2D eigenvalue weighted by Gasteiger charge is -2.43. The summed E-state index contributed by atoms with van der Waals surface area (Å²) < 4.78 is 54.8. The minimum Gasteiger partial charge on any atom is -0.508 e. The summed E-state index contributed by atoms with van der Waals surface area (Å²) in [7, 11) is 0. The van der Waals surface area contributed by atoms with Gasteiger partial charge in [0.1, 0.15) is 11.3 Å². The lowest BCUT2D eigenvalue weighted by atomic mass is 9.75. The molecular weight excluding hydrogens is 1270 g/mol. The number of terminal acetylenes is 1. The highest BCUT2D eigenvalue weighted by Crippen LogP contribution is 2.49. The second kappa shape index (κ2) is 49.2. The highest BCUT2D eigenvalue weighted by atomic mass is 32.1. The molecule has 2 fully saturated rings. The Bertz CT molecular complexity index is 6070. The van der Waals surface area contributed by atoms with Gasteiger partial charge in [-0.2, -0.15) is 18.4 Å². The summed E-state index contributed by atoms with van der Waals surface area (Å²) in [5.74, 6) is 164. The zero-order valence-electron chi connectivity index (χ0n) is 50.2. The fraction of sp³-hybridized carbons (Fsp3) is 0.0562. The van der Waals surface area contributed by atoms with Crippen molar-refractivity contribution in [2.75, 3.05) is 9.80 Å². The van der Waals surface area contributed by atoms with Crippen LogP contribution in [0.25, 0.3) is 4.85 Å². The summed E-state index contributed by atoms with van der Waals surface area (Å²) in [6, 6.07) is 7.93. The van der Waals surface area contributed by atoms with Gasteiger partial charge >= 0.3 is 6.18 Å². The van der Waals surface area contributed by atoms with E-state index in [1.165, 1.54) is 23.1 Å². The molecule has 100 heavy (non-hydrogen) atoms. The average molecular weight is 1280 g/mol. The molecule has 1 N–H and O–H groups in total. The van der Waals surface area contributed by atoms with Gasteiger partial charge in [-0.05, 0) is 103 Å². The lowest BCUT2D eigenvalue weighted by Crippen LogP contribution is -2.55. The van der Waals surface area contributed by atoms with Gasteiger partial charge in [0, 0.05) is 361 Å². The number of alkyl halides is 3. The molecule has 0 unspecified atom stereocenters. The van der Waals surface area contributed by atoms with Crippen molar-refractivity contribution in [3.05, 3.63) is 59.2 Å². The molecule has 1 amide bonds. The quantitative estimate of drug-likeness (QED) is 0.189. The molecule has 2 aliphatic rings. The third kappa shape index (κ3) is 32.5. The number of rotatable bonds is 2. The zero-order valence-corrected chi connectivity index (χ0v) is 51.0. The molecular formula is C89H14F4N4O2S. The number of hydrogen-bond donors (Lipinski definition) is 1. The molecule has 11 heteroatoms. The van der Waals surface area contributed by atoms with E-state index in [0.717, 1.165) is 17.0 Å². The van der Waals surface area contributed by atoms with Crippen LogP contribution in [0.5, 0.6) is 5.75 Å². The molecule has 4 rings (SSSR count). The van der Waals surface area contributed by atoms with Gasteiger partial charge in [-0.25, -0.2) is 9.24 Å². The number of nitrogens with zero attached hydrogens (tertiary/aromatic N) is 4. The molecule has 1 aliphatic carbocycles. The first kappa shape index (κ1) is 75.6. The van der Waals surface area contributed by atoms with Crippen LogP contribution in [0.4, 0.5) is 34.6 Å². The van der Waals surface area contributed by atoms with Crippen molar-refractivity contribution in [3.63, 3.8) is 0 Å². The van der Waals surface area contributed by atoms with Gasteiger partial charge in [-0.3, -0.25) is 9.69 Å². The van der Waals surface area contributed by atoms with Crippen molar-refractivity contribution in [3.8, 4) is 415 Å². The van der Waals surface area contributed by atoms with E-state index in [1.54, 1.807) is 6.07 Å². The maximum absolute atomic E-state index is 14.6. The van der Waals surface area contributed by atoms with Crippen LogP contribution in [0.15, 0.2) is 36.4 Å². The van der Waals surface area contributed by atoms with Crippen molar-refractivity contribution in [2.45, 2.75) is 31.0 Å². The van der Waals surface area contributed by atoms with Crippen molar-refractivity contribution in [2.24, 2.45) is 0 Å². The second-order valence-electron chi connectivity index (χ2n) is 15.6. The molecule has 436 valence electrons. The number of carbonyl (C=O) groups excluding carboxylic acids is 1. The number of benzene rings is 2. The van der Waals surface area contributed by atoms with Crippen molar-refractivity contribution >= 4 is 40.3 Å². The largest absolute Gasteiger partial charge is 0.508 e. The first-order valence-electron chi connectivity index (χ1n) is 26.1. The number of hydrogen-bond acceptors (Lipinski definition) is 4. The molecule has 0 atom stereocenters. The third-order valence-corrected chi connectivity index (χ3v) is 9.98. The van der Waals surface area contributed by atoms with Crippen LogP contribution in [0.3, 0.4) is 0 Å². The maximum atomic E-state index is 14.6. The first-order chi connectivity index (χ1) is 49.0. The van der Waals surface area contributed by atoms with E-state index in [1.807, 2.05) is 0 Å². The summed E-state index contributed by atoms with van der Waals surface area (Å²) in [6.45, 7) is 6.96. The Labute approximate surface area is 584 Å². The molecule has 6 nitrogen and oxygen atoms in total. The van der Waals surface area contributed by atoms with E-state index < -0.39 is 34.7 Å². The van der Waals surface area contributed by atoms with E-state index in [9.17, 15) is 27.5 Å². The van der Waals surface area contributed by atoms with E-state index in [4.69, 9.17) is 30.5 Å². The number of aromatic hydroxyl groups is 1. The molecule has 1 spiro atoms. The van der Waals surface area contributed by atoms with Gasteiger partial charge in [0.05, 0.1) is 17.8 Å². The Kier molecular flexibility index (Phi) is 37.2. The lowest BCUT2D eigenvalue weighted by molar-refractivity contribution is -0.137. The Morgan fingerprint density at radius 3 is 0.900 bits per heavy atom. The standard InChI is InChI=1S/C69HN.C20H13F4N3O2S/c1-2-3-4-5-6-7-8-9-10-11-12-13-14-15-16-17-18-19-20-21-22-23-24-25-26-27-28-29-30-31-32-33-34-35-36-37-38-39-40-41-42-43-44-45-46-47-48-49-50-51-52-53-54-55-56-57-58-59-60-61-62-63-64-65-66-67-68-69-70;1-25-15-5-3-11(9-13(15)20(22,23)24)26-17(29)19(7-2-8-19)27(18(26)30)16-6-4-12(28)10-14(16)21/h1H;3-6,9-10,28H,2,7-8H2. The first-order valence-corrected chi connectivity index (χ1v) is 26.5. The second-order valence-corrected chi connectivity index (χ2v) is 16.0. The number of phenols is 1. The number of carbonyl (C=O) groups is 1. The molecule has 0 aromatic heterocycles. The number of halogens is 4. The molecule has 1 saturated carbocycles. The molecule has 2 aromatic rings. The SMILES string of the molecule is C#CC#CC#CC#CC#CC#CC#CC#CC#CC#CC#CC#CC#CC#CC#CC#CC#CC#CC#CC#CC#CC#CC#CC#CC#CC#CC#CC#CC#CC#CC#CC#CC#CC#CC#N.[C-]#[N+]c1ccc(N2C(=O)C3(CCC3)N(c3ccc(O)cc3F)C2=S)cc1C(F)(F)F. The van der Waals surface area contributed by atoms with Gasteiger partial charge in [0.15, 0.2) is 22.7 Å². The number of phenolic OH excluding ortho intramolecular Hbond substituents is 1. The molecule has 1 saturated heterocycles. The third-order valence-electron chi connectivity index (χ3n) is 9.62. The van der Waals surface area contributed by atoms with Crippen molar-refractivity contribution in [1.82, 2.24) is 0 Å². The Balaban J connectivity index is 0.000000707. The zero-order chi connectivity index (χ0) is 71.9. The highest BCUT2D eigenvalue weighted by Gasteiger charge is 2.60. The smallest absolute Gasteiger partial charge is 0.407 e. The minimum absolute atomic E-state index is 0.0397. The fourth-order valence-electron chi connectivity index (χ4n) is 5.91. The van der Waals surface area contributed by atoms with Gasteiger partial charge in [0.2, 0.25) is 0 Å². The normalized spacial score (nSPS) is 8.13. The van der Waals surface area contributed by atoms with Crippen LogP contribution < -0.4 is 9.80 Å². The van der Waals surface area contributed by atoms with Crippen LogP contribution in [-0.2, 0) is 11.0 Å². The van der Waals surface area contributed by atoms with E-state index >= 15 is 0 Å². The molecule has 1 heterocycles. The minimum atomic E-state index is -4.79. The number of anilines is 2. The highest BCUT2D eigenvalue weighted by molar-refractivity contribution is 7.81. The number of amides is 1. The number of nitriles is 1. The van der Waals surface area contributed by atoms with Crippen molar-refractivity contribution < 1.29 is 27.5 Å². The summed E-state index contributed by atoms with van der Waals surface area (Å²) in [6.07, 6.45) is 1.53. The average Bonchev–Trinajstić information content (AvgIpc) is 1.55. The van der Waals surface area contributed by atoms with E-state index in [-0.39, 0.29) is 22.2 Å². The predicted octanol–water partition coefficient (Wildman–Crippen LogP) is 5.42. The van der Waals surface area contributed by atoms with Crippen LogP contribution in [0.1, 0.15) is 24.8 Å². The number of thiocarbonyl (C=S) groups is 1. The van der Waals surface area contributed by atoms with Crippen LogP contribution in [0.2, 0.25) is 0 Å². The van der Waals surface area contributed by atoms with Crippen LogP contribution in [-0.4, -0.2) is 21.7 Å². The monoisotopic (exact) mass is 1280 g/mol. The van der Waals surface area contributed by atoms with Crippen LogP contribution >= 0.6 is 12.2 Å². The van der Waals surface area contributed by atoms with E-state index in [2.05, 4.69) is 402 Å². The van der Waals surface area contributed by atoms with Crippen LogP contribution in [0, 0.1) is 427 Å². The molecule has 0 radical (unpaired) electrons. The van der Waals surface area contributed by atoms with Crippen molar-refractivity contribution in [1.29, 1.82) is 5.26 Å². The maximum Gasteiger partial charge on any atom is 0.407 e. The predicted molar refractivity (Wildman–Crippen MR) is 376 cm³/mol. The van der Waals surface area contributed by atoms with Gasteiger partial charge in [-0.1, -0.05) is 6.07 Å². The Hall–Kier alpha value is -18.7. The topological polar surface area (TPSA) is 71.9 Å². The molecule has 1 aliphatic heterocycles. The summed E-state index contributed by atoms with van der Waals surface area (Å²) in [5, 5.41) is 17.5. The fourth-order valence-corrected chi connectivity index (χ4v) is 6.37. The van der Waals surface area contributed by atoms with E-state index in [0.29, 0.717) is 25.3 Å².